The van der Waals surface area contributed by atoms with Crippen LogP contribution in [0, 0.1) is 0 Å². The van der Waals surface area contributed by atoms with E-state index in [0.717, 1.165) is 5.56 Å². The van der Waals surface area contributed by atoms with Gasteiger partial charge in [-0.25, -0.2) is 9.97 Å². The second kappa shape index (κ2) is 4.13. The first-order valence-corrected chi connectivity index (χ1v) is 5.47. The lowest BCUT2D eigenvalue weighted by atomic mass is 10.1. The summed E-state index contributed by atoms with van der Waals surface area (Å²) >= 11 is 0. The van der Waals surface area contributed by atoms with Crippen LogP contribution in [0.1, 0.15) is 10.5 Å². The van der Waals surface area contributed by atoms with E-state index in [-0.39, 0.29) is 18.3 Å². The summed E-state index contributed by atoms with van der Waals surface area (Å²) in [4.78, 5) is 19.2. The number of ether oxygens (including phenoxy) is 2. The summed E-state index contributed by atoms with van der Waals surface area (Å²) in [5.74, 6) is 0.587. The maximum absolute atomic E-state index is 11.2. The first kappa shape index (κ1) is 11.3. The molecule has 1 aliphatic rings. The molecule has 7 heteroatoms. The molecule has 96 valence electrons. The number of benzene rings is 1. The van der Waals surface area contributed by atoms with Crippen molar-refractivity contribution in [2.45, 2.75) is 0 Å². The van der Waals surface area contributed by atoms with Gasteiger partial charge in [0.15, 0.2) is 23.0 Å². The molecule has 0 saturated heterocycles. The SMILES string of the molecule is NC(=O)c1nc(-c2ccc3c(c2)OCO3)cnc1N. The van der Waals surface area contributed by atoms with E-state index in [1.165, 1.54) is 6.20 Å². The first-order chi connectivity index (χ1) is 9.15. The largest absolute Gasteiger partial charge is 0.454 e. The molecule has 0 fully saturated rings. The molecule has 1 aromatic heterocycles. The van der Waals surface area contributed by atoms with Crippen molar-refractivity contribution < 1.29 is 14.3 Å². The van der Waals surface area contributed by atoms with Gasteiger partial charge in [-0.1, -0.05) is 0 Å². The molecule has 0 saturated carbocycles. The molecular formula is C12H10N4O3. The fourth-order valence-electron chi connectivity index (χ4n) is 1.77. The lowest BCUT2D eigenvalue weighted by Gasteiger charge is -2.05. The number of amides is 1. The molecule has 0 aliphatic carbocycles. The minimum absolute atomic E-state index is 0.0111. The van der Waals surface area contributed by atoms with Crippen LogP contribution in [0.15, 0.2) is 24.4 Å². The normalized spacial score (nSPS) is 12.4. The Morgan fingerprint density at radius 2 is 2.05 bits per heavy atom. The predicted octanol–water partition coefficient (Wildman–Crippen LogP) is 0.553. The Balaban J connectivity index is 2.07. The van der Waals surface area contributed by atoms with Crippen molar-refractivity contribution in [2.24, 2.45) is 5.73 Å². The monoisotopic (exact) mass is 258 g/mol. The van der Waals surface area contributed by atoms with Crippen LogP contribution < -0.4 is 20.9 Å². The van der Waals surface area contributed by atoms with Gasteiger partial charge in [0.1, 0.15) is 0 Å². The minimum Gasteiger partial charge on any atom is -0.454 e. The average molecular weight is 258 g/mol. The minimum atomic E-state index is -0.715. The van der Waals surface area contributed by atoms with Gasteiger partial charge in [0, 0.05) is 5.56 Å². The van der Waals surface area contributed by atoms with E-state index in [2.05, 4.69) is 9.97 Å². The molecule has 4 N–H and O–H groups in total. The molecule has 0 unspecified atom stereocenters. The summed E-state index contributed by atoms with van der Waals surface area (Å²) in [6, 6.07) is 5.31. The van der Waals surface area contributed by atoms with E-state index >= 15 is 0 Å². The van der Waals surface area contributed by atoms with Gasteiger partial charge in [-0.05, 0) is 18.2 Å². The molecule has 2 aromatic rings. The smallest absolute Gasteiger partial charge is 0.271 e. The van der Waals surface area contributed by atoms with Gasteiger partial charge in [-0.2, -0.15) is 0 Å². The van der Waals surface area contributed by atoms with Crippen molar-refractivity contribution in [3.05, 3.63) is 30.1 Å². The zero-order valence-corrected chi connectivity index (χ0v) is 9.79. The highest BCUT2D eigenvalue weighted by Crippen LogP contribution is 2.35. The van der Waals surface area contributed by atoms with E-state index in [1.54, 1.807) is 18.2 Å². The van der Waals surface area contributed by atoms with Crippen LogP contribution in [0.2, 0.25) is 0 Å². The highest BCUT2D eigenvalue weighted by Gasteiger charge is 2.16. The number of primary amides is 1. The molecule has 0 radical (unpaired) electrons. The molecular weight excluding hydrogens is 248 g/mol. The maximum Gasteiger partial charge on any atom is 0.271 e. The van der Waals surface area contributed by atoms with Gasteiger partial charge in [0.2, 0.25) is 6.79 Å². The second-order valence-corrected chi connectivity index (χ2v) is 3.92. The van der Waals surface area contributed by atoms with Crippen LogP contribution in [0.5, 0.6) is 11.5 Å². The third-order valence-electron chi connectivity index (χ3n) is 2.70. The third-order valence-corrected chi connectivity index (χ3v) is 2.70. The van der Waals surface area contributed by atoms with Crippen LogP contribution in [0.25, 0.3) is 11.3 Å². The zero-order valence-electron chi connectivity index (χ0n) is 9.79. The number of carbonyl (C=O) groups is 1. The zero-order chi connectivity index (χ0) is 13.4. The Bertz CT molecular complexity index is 672. The lowest BCUT2D eigenvalue weighted by Crippen LogP contribution is -2.17. The van der Waals surface area contributed by atoms with Crippen LogP contribution >= 0.6 is 0 Å². The third kappa shape index (κ3) is 1.90. The number of anilines is 1. The number of carbonyl (C=O) groups excluding carboxylic acids is 1. The van der Waals surface area contributed by atoms with E-state index in [0.29, 0.717) is 17.2 Å². The van der Waals surface area contributed by atoms with Crippen molar-refractivity contribution in [1.29, 1.82) is 0 Å². The Morgan fingerprint density at radius 1 is 1.26 bits per heavy atom. The Morgan fingerprint density at radius 3 is 2.84 bits per heavy atom. The standard InChI is InChI=1S/C12H10N4O3/c13-11-10(12(14)17)16-7(4-15-11)6-1-2-8-9(3-6)19-5-18-8/h1-4H,5H2,(H2,13,15)(H2,14,17). The fourth-order valence-corrected chi connectivity index (χ4v) is 1.77. The van der Waals surface area contributed by atoms with Crippen LogP contribution in [-0.4, -0.2) is 22.7 Å². The molecule has 2 heterocycles. The maximum atomic E-state index is 11.2. The van der Waals surface area contributed by atoms with Gasteiger partial charge >= 0.3 is 0 Å². The molecule has 1 aliphatic heterocycles. The summed E-state index contributed by atoms with van der Waals surface area (Å²) < 4.78 is 10.5. The summed E-state index contributed by atoms with van der Waals surface area (Å²) in [7, 11) is 0. The molecule has 7 nitrogen and oxygen atoms in total. The molecule has 1 amide bonds. The average Bonchev–Trinajstić information content (AvgIpc) is 2.86. The molecule has 0 spiro atoms. The van der Waals surface area contributed by atoms with Gasteiger partial charge in [0.25, 0.3) is 5.91 Å². The van der Waals surface area contributed by atoms with E-state index < -0.39 is 5.91 Å². The number of fused-ring (bicyclic) bond motifs is 1. The summed E-state index contributed by atoms with van der Waals surface area (Å²) in [5, 5.41) is 0. The van der Waals surface area contributed by atoms with E-state index in [1.807, 2.05) is 0 Å². The number of nitrogens with zero attached hydrogens (tertiary/aromatic N) is 2. The van der Waals surface area contributed by atoms with Gasteiger partial charge in [-0.15, -0.1) is 0 Å². The predicted molar refractivity (Wildman–Crippen MR) is 66.5 cm³/mol. The Hall–Kier alpha value is -2.83. The second-order valence-electron chi connectivity index (χ2n) is 3.92. The summed E-state index contributed by atoms with van der Waals surface area (Å²) in [5.41, 5.74) is 11.9. The fraction of sp³-hybridized carbons (Fsp3) is 0.0833. The number of rotatable bonds is 2. The number of nitrogen functional groups attached to an aromatic ring is 1. The van der Waals surface area contributed by atoms with Gasteiger partial charge in [-0.3, -0.25) is 4.79 Å². The van der Waals surface area contributed by atoms with Crippen LogP contribution in [0.3, 0.4) is 0 Å². The van der Waals surface area contributed by atoms with Crippen molar-refractivity contribution in [2.75, 3.05) is 12.5 Å². The molecule has 0 bridgehead atoms. The van der Waals surface area contributed by atoms with Crippen molar-refractivity contribution >= 4 is 11.7 Å². The van der Waals surface area contributed by atoms with E-state index in [9.17, 15) is 4.79 Å². The Labute approximate surface area is 108 Å². The summed E-state index contributed by atoms with van der Waals surface area (Å²) in [6.45, 7) is 0.193. The van der Waals surface area contributed by atoms with Crippen molar-refractivity contribution in [3.8, 4) is 22.8 Å². The molecule has 0 atom stereocenters. The molecule has 19 heavy (non-hydrogen) atoms. The first-order valence-electron chi connectivity index (χ1n) is 5.47. The van der Waals surface area contributed by atoms with Crippen LogP contribution in [-0.2, 0) is 0 Å². The van der Waals surface area contributed by atoms with Crippen LogP contribution in [0.4, 0.5) is 5.82 Å². The topological polar surface area (TPSA) is 113 Å². The van der Waals surface area contributed by atoms with Crippen molar-refractivity contribution in [3.63, 3.8) is 0 Å². The Kier molecular flexibility index (Phi) is 2.45. The number of hydrogen-bond acceptors (Lipinski definition) is 6. The number of hydrogen-bond donors (Lipinski definition) is 2. The van der Waals surface area contributed by atoms with Gasteiger partial charge < -0.3 is 20.9 Å². The van der Waals surface area contributed by atoms with Gasteiger partial charge in [0.05, 0.1) is 11.9 Å². The number of aromatic nitrogens is 2. The lowest BCUT2D eigenvalue weighted by molar-refractivity contribution is 0.0996. The quantitative estimate of drug-likeness (QED) is 0.813. The molecule has 1 aromatic carbocycles. The highest BCUT2D eigenvalue weighted by atomic mass is 16.7. The van der Waals surface area contributed by atoms with E-state index in [4.69, 9.17) is 20.9 Å². The summed E-state index contributed by atoms with van der Waals surface area (Å²) in [6.07, 6.45) is 1.47. The molecule has 3 rings (SSSR count). The number of nitrogens with two attached hydrogens (primary N) is 2. The van der Waals surface area contributed by atoms with Crippen molar-refractivity contribution in [1.82, 2.24) is 9.97 Å². The highest BCUT2D eigenvalue weighted by molar-refractivity contribution is 5.95.